The molecule has 0 saturated carbocycles. The van der Waals surface area contributed by atoms with Crippen LogP contribution in [0.4, 0.5) is 8.78 Å². The number of imidazole rings is 1. The first-order valence-corrected chi connectivity index (χ1v) is 13.4. The largest absolute Gasteiger partial charge is 0.291 e. The first-order chi connectivity index (χ1) is 16.2. The molecular formula is C26H23ClF2N2OS2. The molecule has 0 aliphatic carbocycles. The minimum absolute atomic E-state index is 0.286. The summed E-state index contributed by atoms with van der Waals surface area (Å²) in [4.78, 5) is 5.38. The first kappa shape index (κ1) is 24.6. The SMILES string of the molecule is CS(=O)c1cccc(C(C)(C)c2cnc(SCc3c(F)cccc3Cl)n2-c2ccc(F)cc2)c1. The fourth-order valence-electron chi connectivity index (χ4n) is 3.74. The van der Waals surface area contributed by atoms with Gasteiger partial charge in [0.05, 0.1) is 11.9 Å². The van der Waals surface area contributed by atoms with Crippen molar-refractivity contribution in [2.45, 2.75) is 35.1 Å². The predicted octanol–water partition coefficient (Wildman–Crippen LogP) is 7.16. The van der Waals surface area contributed by atoms with E-state index in [9.17, 15) is 13.0 Å². The molecule has 34 heavy (non-hydrogen) atoms. The molecule has 176 valence electrons. The van der Waals surface area contributed by atoms with E-state index in [1.54, 1.807) is 36.7 Å². The highest BCUT2D eigenvalue weighted by Crippen LogP contribution is 2.37. The molecule has 0 spiro atoms. The van der Waals surface area contributed by atoms with Gasteiger partial charge in [0, 0.05) is 49.4 Å². The minimum Gasteiger partial charge on any atom is -0.291 e. The van der Waals surface area contributed by atoms with Crippen LogP contribution in [0.25, 0.3) is 5.69 Å². The van der Waals surface area contributed by atoms with Gasteiger partial charge in [-0.1, -0.05) is 55.4 Å². The predicted molar refractivity (Wildman–Crippen MR) is 135 cm³/mol. The molecule has 0 fully saturated rings. The lowest BCUT2D eigenvalue weighted by atomic mass is 9.81. The Balaban J connectivity index is 1.80. The smallest absolute Gasteiger partial charge is 0.173 e. The zero-order valence-electron chi connectivity index (χ0n) is 18.9. The molecule has 3 aromatic carbocycles. The van der Waals surface area contributed by atoms with E-state index in [1.165, 1.54) is 30.0 Å². The lowest BCUT2D eigenvalue weighted by Crippen LogP contribution is -2.23. The summed E-state index contributed by atoms with van der Waals surface area (Å²) in [6.45, 7) is 4.12. The van der Waals surface area contributed by atoms with Crippen molar-refractivity contribution in [1.82, 2.24) is 9.55 Å². The van der Waals surface area contributed by atoms with Gasteiger partial charge < -0.3 is 0 Å². The molecule has 1 heterocycles. The van der Waals surface area contributed by atoms with Gasteiger partial charge in [-0.2, -0.15) is 0 Å². The van der Waals surface area contributed by atoms with Crippen LogP contribution in [0, 0.1) is 11.6 Å². The lowest BCUT2D eigenvalue weighted by Gasteiger charge is -2.28. The van der Waals surface area contributed by atoms with Gasteiger partial charge in [-0.25, -0.2) is 13.8 Å². The second-order valence-corrected chi connectivity index (χ2v) is 11.1. The highest BCUT2D eigenvalue weighted by Gasteiger charge is 2.30. The Labute approximate surface area is 209 Å². The maximum Gasteiger partial charge on any atom is 0.173 e. The van der Waals surface area contributed by atoms with E-state index in [2.05, 4.69) is 18.8 Å². The summed E-state index contributed by atoms with van der Waals surface area (Å²) < 4.78 is 42.1. The number of thioether (sulfide) groups is 1. The van der Waals surface area contributed by atoms with Crippen LogP contribution in [0.3, 0.4) is 0 Å². The topological polar surface area (TPSA) is 34.9 Å². The maximum atomic E-state index is 14.3. The molecular weight excluding hydrogens is 494 g/mol. The van der Waals surface area contributed by atoms with Crippen molar-refractivity contribution in [2.24, 2.45) is 0 Å². The van der Waals surface area contributed by atoms with Crippen LogP contribution in [0.2, 0.25) is 5.02 Å². The molecule has 0 radical (unpaired) electrons. The number of hydrogen-bond donors (Lipinski definition) is 0. The number of nitrogens with zero attached hydrogens (tertiary/aromatic N) is 2. The minimum atomic E-state index is -1.11. The van der Waals surface area contributed by atoms with E-state index >= 15 is 0 Å². The molecule has 1 aromatic heterocycles. The van der Waals surface area contributed by atoms with Crippen molar-refractivity contribution in [3.05, 3.63) is 106 Å². The van der Waals surface area contributed by atoms with E-state index in [1.807, 2.05) is 28.8 Å². The third-order valence-corrected chi connectivity index (χ3v) is 8.00. The van der Waals surface area contributed by atoms with Crippen LogP contribution in [0.1, 0.15) is 30.7 Å². The average molecular weight is 517 g/mol. The lowest BCUT2D eigenvalue weighted by molar-refractivity contribution is 0.590. The number of rotatable bonds is 7. The Bertz CT molecular complexity index is 1330. The van der Waals surface area contributed by atoms with Gasteiger partial charge in [0.25, 0.3) is 0 Å². The molecule has 1 atom stereocenters. The van der Waals surface area contributed by atoms with E-state index in [0.29, 0.717) is 15.7 Å². The summed E-state index contributed by atoms with van der Waals surface area (Å²) in [7, 11) is -1.11. The van der Waals surface area contributed by atoms with Crippen LogP contribution < -0.4 is 0 Å². The fourth-order valence-corrected chi connectivity index (χ4v) is 5.63. The highest BCUT2D eigenvalue weighted by molar-refractivity contribution is 7.98. The Kier molecular flexibility index (Phi) is 7.26. The van der Waals surface area contributed by atoms with Crippen LogP contribution in [0.5, 0.6) is 0 Å². The van der Waals surface area contributed by atoms with Gasteiger partial charge >= 0.3 is 0 Å². The zero-order chi connectivity index (χ0) is 24.5. The summed E-state index contributed by atoms with van der Waals surface area (Å²) in [6, 6.07) is 18.4. The van der Waals surface area contributed by atoms with Crippen LogP contribution in [-0.4, -0.2) is 20.0 Å². The quantitative estimate of drug-likeness (QED) is 0.244. The van der Waals surface area contributed by atoms with Gasteiger partial charge in [0.1, 0.15) is 11.6 Å². The average Bonchev–Trinajstić information content (AvgIpc) is 3.24. The fraction of sp³-hybridized carbons (Fsp3) is 0.192. The van der Waals surface area contributed by atoms with Crippen LogP contribution in [0.15, 0.2) is 83.0 Å². The van der Waals surface area contributed by atoms with E-state index in [0.717, 1.165) is 21.8 Å². The number of halogens is 3. The van der Waals surface area contributed by atoms with Crippen molar-refractivity contribution < 1.29 is 13.0 Å². The number of aromatic nitrogens is 2. The monoisotopic (exact) mass is 516 g/mol. The van der Waals surface area contributed by atoms with Crippen molar-refractivity contribution >= 4 is 34.2 Å². The van der Waals surface area contributed by atoms with E-state index in [4.69, 9.17) is 11.6 Å². The molecule has 4 aromatic rings. The molecule has 3 nitrogen and oxygen atoms in total. The Hall–Kier alpha value is -2.48. The van der Waals surface area contributed by atoms with Gasteiger partial charge in [-0.15, -0.1) is 0 Å². The summed E-state index contributed by atoms with van der Waals surface area (Å²) >= 11 is 7.57. The molecule has 0 saturated heterocycles. The standard InChI is InChI=1S/C26H23ClF2N2OS2/c1-26(2,17-6-4-7-20(14-17)34(3)32)24-15-30-25(31(24)19-12-10-18(28)11-13-19)33-16-21-22(27)8-5-9-23(21)29/h4-15H,16H2,1-3H3. The summed E-state index contributed by atoms with van der Waals surface area (Å²) in [5.41, 5.74) is 2.45. The molecule has 4 rings (SSSR count). The Morgan fingerprint density at radius 3 is 2.44 bits per heavy atom. The van der Waals surface area contributed by atoms with Crippen molar-refractivity contribution in [3.8, 4) is 5.69 Å². The third-order valence-electron chi connectivity index (χ3n) is 5.75. The molecule has 8 heteroatoms. The van der Waals surface area contributed by atoms with Crippen molar-refractivity contribution in [3.63, 3.8) is 0 Å². The van der Waals surface area contributed by atoms with Gasteiger partial charge in [0.15, 0.2) is 5.16 Å². The van der Waals surface area contributed by atoms with Crippen LogP contribution >= 0.6 is 23.4 Å². The summed E-state index contributed by atoms with van der Waals surface area (Å²) in [5.74, 6) is -0.423. The Morgan fingerprint density at radius 2 is 1.76 bits per heavy atom. The highest BCUT2D eigenvalue weighted by atomic mass is 35.5. The van der Waals surface area contributed by atoms with Gasteiger partial charge in [-0.05, 0) is 54.1 Å². The molecule has 0 bridgehead atoms. The summed E-state index contributed by atoms with van der Waals surface area (Å²) in [6.07, 6.45) is 3.43. The second kappa shape index (κ2) is 10.0. The Morgan fingerprint density at radius 1 is 1.06 bits per heavy atom. The van der Waals surface area contributed by atoms with Crippen LogP contribution in [-0.2, 0) is 22.0 Å². The second-order valence-electron chi connectivity index (χ2n) is 8.33. The maximum absolute atomic E-state index is 14.3. The normalized spacial score (nSPS) is 12.6. The van der Waals surface area contributed by atoms with Crippen molar-refractivity contribution in [1.29, 1.82) is 0 Å². The molecule has 0 aliphatic heterocycles. The summed E-state index contributed by atoms with van der Waals surface area (Å²) in [5, 5.41) is 0.988. The molecule has 1 unspecified atom stereocenters. The van der Waals surface area contributed by atoms with E-state index < -0.39 is 16.2 Å². The first-order valence-electron chi connectivity index (χ1n) is 10.5. The third kappa shape index (κ3) is 4.97. The van der Waals surface area contributed by atoms with E-state index in [-0.39, 0.29) is 17.4 Å². The van der Waals surface area contributed by atoms with Gasteiger partial charge in [0.2, 0.25) is 0 Å². The number of benzene rings is 3. The van der Waals surface area contributed by atoms with Gasteiger partial charge in [-0.3, -0.25) is 8.78 Å². The molecule has 0 N–H and O–H groups in total. The zero-order valence-corrected chi connectivity index (χ0v) is 21.3. The molecule has 0 amide bonds. The molecule has 0 aliphatic rings. The van der Waals surface area contributed by atoms with Crippen molar-refractivity contribution in [2.75, 3.05) is 6.26 Å². The number of hydrogen-bond acceptors (Lipinski definition) is 3.